The number of unbranched alkanes of at least 4 members (excludes halogenated alkanes) is 1. The van der Waals surface area contributed by atoms with Crippen LogP contribution in [0.5, 0.6) is 0 Å². The van der Waals surface area contributed by atoms with Crippen molar-refractivity contribution in [2.45, 2.75) is 75.5 Å². The van der Waals surface area contributed by atoms with E-state index in [4.69, 9.17) is 40.1 Å². The van der Waals surface area contributed by atoms with Gasteiger partial charge in [-0.3, -0.25) is 29.2 Å². The summed E-state index contributed by atoms with van der Waals surface area (Å²) in [4.78, 5) is 63.3. The molecular weight excluding hydrogens is 594 g/mol. The van der Waals surface area contributed by atoms with E-state index in [1.807, 2.05) is 24.3 Å². The number of carbonyl (C=O) groups excluding carboxylic acids is 4. The molecule has 0 aliphatic heterocycles. The van der Waals surface area contributed by atoms with E-state index in [1.54, 1.807) is 6.20 Å². The number of nitrogens with one attached hydrogen (secondary N) is 4. The highest BCUT2D eigenvalue weighted by Crippen LogP contribution is 2.19. The van der Waals surface area contributed by atoms with Gasteiger partial charge in [-0.2, -0.15) is 0 Å². The minimum Gasteiger partial charge on any atom is -0.370 e. The minimum atomic E-state index is -1.06. The van der Waals surface area contributed by atoms with Crippen molar-refractivity contribution in [3.63, 3.8) is 0 Å². The predicted molar refractivity (Wildman–Crippen MR) is 178 cm³/mol. The van der Waals surface area contributed by atoms with E-state index < -0.39 is 47.8 Å². The molecule has 2 rings (SSSR count). The third-order valence-corrected chi connectivity index (χ3v) is 7.22. The van der Waals surface area contributed by atoms with Crippen LogP contribution in [0.1, 0.15) is 50.5 Å². The lowest BCUT2D eigenvalue weighted by molar-refractivity contribution is -0.133. The smallest absolute Gasteiger partial charge is 0.243 e. The third-order valence-electron chi connectivity index (χ3n) is 7.22. The number of aromatic nitrogens is 1. The van der Waals surface area contributed by atoms with Gasteiger partial charge in [-0.15, -0.1) is 0 Å². The number of H-pyrrole nitrogens is 1. The Hall–Kier alpha value is -4.90. The van der Waals surface area contributed by atoms with Crippen LogP contribution in [0.2, 0.25) is 0 Å². The van der Waals surface area contributed by atoms with Crippen molar-refractivity contribution >= 4 is 46.5 Å². The van der Waals surface area contributed by atoms with Gasteiger partial charge >= 0.3 is 0 Å². The van der Waals surface area contributed by atoms with Crippen molar-refractivity contribution in [3.05, 3.63) is 36.0 Å². The van der Waals surface area contributed by atoms with Crippen molar-refractivity contribution in [1.82, 2.24) is 20.9 Å². The maximum absolute atomic E-state index is 13.5. The van der Waals surface area contributed by atoms with Crippen molar-refractivity contribution in [1.29, 1.82) is 0 Å². The fraction of sp³-hybridized carbons (Fsp3) is 0.517. The van der Waals surface area contributed by atoms with Gasteiger partial charge in [-0.25, -0.2) is 0 Å². The summed E-state index contributed by atoms with van der Waals surface area (Å²) >= 11 is 0. The van der Waals surface area contributed by atoms with Gasteiger partial charge in [0.15, 0.2) is 11.9 Å². The predicted octanol–water partition coefficient (Wildman–Crippen LogP) is -2.79. The molecule has 0 saturated carbocycles. The Kier molecular flexibility index (Phi) is 15.8. The number of carbonyl (C=O) groups is 4. The van der Waals surface area contributed by atoms with E-state index in [0.29, 0.717) is 32.2 Å². The Morgan fingerprint density at radius 3 is 1.85 bits per heavy atom. The maximum atomic E-state index is 13.5. The van der Waals surface area contributed by atoms with Gasteiger partial charge in [0.2, 0.25) is 23.6 Å². The number of nitrogens with two attached hydrogens (primary N) is 7. The topological polar surface area (TPSA) is 327 Å². The average Bonchev–Trinajstić information content (AvgIpc) is 3.42. The van der Waals surface area contributed by atoms with Crippen LogP contribution in [-0.4, -0.2) is 84.3 Å². The molecule has 0 radical (unpaired) electrons. The van der Waals surface area contributed by atoms with Crippen LogP contribution in [0.4, 0.5) is 0 Å². The second kappa shape index (κ2) is 19.5. The number of para-hydroxylation sites is 1. The van der Waals surface area contributed by atoms with Crippen LogP contribution < -0.4 is 56.1 Å². The quantitative estimate of drug-likeness (QED) is 0.0377. The first-order valence-electron chi connectivity index (χ1n) is 15.2. The molecule has 0 unspecified atom stereocenters. The standard InChI is InChI=1S/C29H49N13O4/c30-12-4-3-10-21(27(46)42-23(24(32)43)15-17-16-39-20-9-2-1-7-18(17)20)41-26(45)22(11-6-14-38-29(35)36)40-25(44)19(31)8-5-13-37-28(33)34/h1-2,7,9,16,19,21-23,39H,3-6,8,10-15,30-31H2,(H2,32,43)(H,40,44)(H,41,45)(H,42,46)(H4,33,34,37)(H4,35,36,38)/t19-,21-,22-,23-/m0/s1. The van der Waals surface area contributed by atoms with Gasteiger partial charge in [-0.1, -0.05) is 18.2 Å². The molecule has 17 nitrogen and oxygen atoms in total. The molecule has 0 aliphatic carbocycles. The first-order chi connectivity index (χ1) is 21.9. The Bertz CT molecular complexity index is 1350. The van der Waals surface area contributed by atoms with E-state index in [-0.39, 0.29) is 50.7 Å². The number of rotatable bonds is 21. The second-order valence-electron chi connectivity index (χ2n) is 10.9. The number of nitrogens with zero attached hydrogens (tertiary/aromatic N) is 2. The number of amides is 4. The lowest BCUT2D eigenvalue weighted by atomic mass is 10.0. The highest BCUT2D eigenvalue weighted by atomic mass is 16.2. The number of fused-ring (bicyclic) bond motifs is 1. The lowest BCUT2D eigenvalue weighted by Crippen LogP contribution is -2.57. The van der Waals surface area contributed by atoms with Crippen LogP contribution in [-0.2, 0) is 25.6 Å². The largest absolute Gasteiger partial charge is 0.370 e. The summed E-state index contributed by atoms with van der Waals surface area (Å²) in [5.41, 5.74) is 40.5. The van der Waals surface area contributed by atoms with Gasteiger partial charge in [0.25, 0.3) is 0 Å². The fourth-order valence-corrected chi connectivity index (χ4v) is 4.75. The maximum Gasteiger partial charge on any atom is 0.243 e. The fourth-order valence-electron chi connectivity index (χ4n) is 4.75. The third kappa shape index (κ3) is 13.0. The lowest BCUT2D eigenvalue weighted by Gasteiger charge is -2.25. The van der Waals surface area contributed by atoms with Crippen molar-refractivity contribution in [2.75, 3.05) is 19.6 Å². The summed E-state index contributed by atoms with van der Waals surface area (Å²) in [5.74, 6) is -2.70. The molecule has 254 valence electrons. The van der Waals surface area contributed by atoms with Crippen molar-refractivity contribution in [3.8, 4) is 0 Å². The van der Waals surface area contributed by atoms with Crippen LogP contribution >= 0.6 is 0 Å². The van der Waals surface area contributed by atoms with E-state index in [2.05, 4.69) is 30.9 Å². The van der Waals surface area contributed by atoms with Gasteiger partial charge in [-0.05, 0) is 63.1 Å². The van der Waals surface area contributed by atoms with Crippen molar-refractivity contribution < 1.29 is 19.2 Å². The van der Waals surface area contributed by atoms with Gasteiger partial charge in [0.1, 0.15) is 18.1 Å². The molecule has 0 saturated heterocycles. The monoisotopic (exact) mass is 643 g/mol. The number of hydrogen-bond donors (Lipinski definition) is 11. The van der Waals surface area contributed by atoms with Crippen LogP contribution in [0.3, 0.4) is 0 Å². The highest BCUT2D eigenvalue weighted by molar-refractivity contribution is 5.95. The minimum absolute atomic E-state index is 0.0688. The number of benzene rings is 1. The summed E-state index contributed by atoms with van der Waals surface area (Å²) in [5, 5.41) is 8.99. The van der Waals surface area contributed by atoms with Gasteiger partial charge in [0.05, 0.1) is 6.04 Å². The second-order valence-corrected chi connectivity index (χ2v) is 10.9. The van der Waals surface area contributed by atoms with Crippen LogP contribution in [0, 0.1) is 0 Å². The SMILES string of the molecule is NCCCC[C@H](NC(=O)[C@H](CCCN=C(N)N)NC(=O)[C@@H](N)CCCN=C(N)N)C(=O)N[C@@H](Cc1c[nH]c2ccccc12)C(N)=O. The zero-order valence-electron chi connectivity index (χ0n) is 26.0. The summed E-state index contributed by atoms with van der Waals surface area (Å²) in [7, 11) is 0. The first-order valence-corrected chi connectivity index (χ1v) is 15.2. The molecular formula is C29H49N13O4. The number of aromatic amines is 1. The molecule has 18 N–H and O–H groups in total. The number of primary amides is 1. The van der Waals surface area contributed by atoms with Gasteiger partial charge in [0, 0.05) is 36.6 Å². The van der Waals surface area contributed by atoms with Gasteiger partial charge < -0.3 is 61.1 Å². The molecule has 0 aliphatic rings. The Morgan fingerprint density at radius 2 is 1.26 bits per heavy atom. The summed E-state index contributed by atoms with van der Waals surface area (Å²) in [6.45, 7) is 0.885. The molecule has 0 spiro atoms. The summed E-state index contributed by atoms with van der Waals surface area (Å²) in [6, 6.07) is 3.44. The number of hydrogen-bond acceptors (Lipinski definition) is 8. The van der Waals surface area contributed by atoms with Crippen LogP contribution in [0.25, 0.3) is 10.9 Å². The summed E-state index contributed by atoms with van der Waals surface area (Å²) < 4.78 is 0. The average molecular weight is 644 g/mol. The summed E-state index contributed by atoms with van der Waals surface area (Å²) in [6.07, 6.45) is 4.43. The molecule has 2 aromatic rings. The number of aliphatic imine (C=N–C) groups is 2. The molecule has 0 fully saturated rings. The number of guanidine groups is 2. The molecule has 1 aromatic carbocycles. The molecule has 17 heteroatoms. The molecule has 0 bridgehead atoms. The molecule has 1 heterocycles. The Balaban J connectivity index is 2.18. The normalized spacial score (nSPS) is 13.5. The molecule has 4 atom stereocenters. The van der Waals surface area contributed by atoms with Crippen molar-refractivity contribution in [2.24, 2.45) is 50.1 Å². The Labute approximate surface area is 267 Å². The van der Waals surface area contributed by atoms with E-state index in [1.165, 1.54) is 0 Å². The van der Waals surface area contributed by atoms with E-state index in [0.717, 1.165) is 16.5 Å². The zero-order valence-corrected chi connectivity index (χ0v) is 26.0. The molecule has 4 amide bonds. The van der Waals surface area contributed by atoms with Crippen LogP contribution in [0.15, 0.2) is 40.4 Å². The first kappa shape index (κ1) is 37.3. The van der Waals surface area contributed by atoms with E-state index in [9.17, 15) is 19.2 Å². The molecule has 1 aromatic heterocycles. The Morgan fingerprint density at radius 1 is 0.717 bits per heavy atom. The van der Waals surface area contributed by atoms with E-state index >= 15 is 0 Å². The molecule has 46 heavy (non-hydrogen) atoms. The highest BCUT2D eigenvalue weighted by Gasteiger charge is 2.30. The zero-order chi connectivity index (χ0) is 34.1.